The number of piperidine rings is 1. The number of hydrogen-bond acceptors (Lipinski definition) is 3. The van der Waals surface area contributed by atoms with Crippen LogP contribution in [-0.2, 0) is 9.59 Å². The molecule has 1 aliphatic rings. The van der Waals surface area contributed by atoms with Crippen molar-refractivity contribution in [1.82, 2.24) is 4.90 Å². The molecule has 0 radical (unpaired) electrons. The van der Waals surface area contributed by atoms with E-state index >= 15 is 0 Å². The minimum atomic E-state index is -0.844. The van der Waals surface area contributed by atoms with E-state index in [0.29, 0.717) is 18.9 Å². The maximum Gasteiger partial charge on any atom is 0.320 e. The van der Waals surface area contributed by atoms with Crippen molar-refractivity contribution in [1.29, 1.82) is 0 Å². The highest BCUT2D eigenvalue weighted by molar-refractivity contribution is 14.1. The third-order valence-electron chi connectivity index (χ3n) is 3.76. The number of amides is 1. The Morgan fingerprint density at radius 3 is 2.81 bits per heavy atom. The van der Waals surface area contributed by atoms with Gasteiger partial charge in [-0.2, -0.15) is 0 Å². The molecule has 2 N–H and O–H groups in total. The lowest BCUT2D eigenvalue weighted by Gasteiger charge is -2.35. The maximum atomic E-state index is 12.1. The van der Waals surface area contributed by atoms with Crippen molar-refractivity contribution in [3.8, 4) is 0 Å². The third kappa shape index (κ3) is 4.41. The summed E-state index contributed by atoms with van der Waals surface area (Å²) in [6.45, 7) is 2.83. The molecule has 2 atom stereocenters. The highest BCUT2D eigenvalue weighted by Crippen LogP contribution is 2.23. The zero-order valence-electron chi connectivity index (χ0n) is 11.9. The molecule has 21 heavy (non-hydrogen) atoms. The number of nitrogens with one attached hydrogen (secondary N) is 1. The van der Waals surface area contributed by atoms with Crippen LogP contribution in [0.15, 0.2) is 24.3 Å². The lowest BCUT2D eigenvalue weighted by Crippen LogP contribution is -2.49. The smallest absolute Gasteiger partial charge is 0.320 e. The molecule has 5 nitrogen and oxygen atoms in total. The van der Waals surface area contributed by atoms with E-state index < -0.39 is 12.0 Å². The summed E-state index contributed by atoms with van der Waals surface area (Å²) in [5, 5.41) is 12.1. The number of carboxylic acid groups (broad SMARTS) is 1. The van der Waals surface area contributed by atoms with Crippen LogP contribution in [0.4, 0.5) is 5.69 Å². The first-order chi connectivity index (χ1) is 9.97. The first-order valence-electron chi connectivity index (χ1n) is 6.98. The number of hydrogen-bond donors (Lipinski definition) is 2. The Hall–Kier alpha value is -1.15. The number of benzene rings is 1. The maximum absolute atomic E-state index is 12.1. The molecular weight excluding hydrogens is 383 g/mol. The Morgan fingerprint density at radius 1 is 1.43 bits per heavy atom. The van der Waals surface area contributed by atoms with Gasteiger partial charge in [0.25, 0.3) is 0 Å². The van der Waals surface area contributed by atoms with Gasteiger partial charge in [0.15, 0.2) is 0 Å². The lowest BCUT2D eigenvalue weighted by molar-refractivity contribution is -0.145. The minimum absolute atomic E-state index is 0.120. The standard InChI is InChI=1S/C15H19IN2O3/c1-10-6-7-18(13(8-10)15(20)21)9-14(19)17-12-5-3-2-4-11(12)16/h2-5,10,13H,6-9H2,1H3,(H,17,19)(H,20,21). The molecule has 1 aliphatic heterocycles. The average molecular weight is 402 g/mol. The molecule has 1 saturated heterocycles. The molecule has 1 heterocycles. The van der Waals surface area contributed by atoms with Crippen LogP contribution in [0.5, 0.6) is 0 Å². The summed E-state index contributed by atoms with van der Waals surface area (Å²) < 4.78 is 0.963. The van der Waals surface area contributed by atoms with E-state index in [1.807, 2.05) is 24.3 Å². The largest absolute Gasteiger partial charge is 0.480 e. The van der Waals surface area contributed by atoms with Crippen LogP contribution in [0.25, 0.3) is 0 Å². The summed E-state index contributed by atoms with van der Waals surface area (Å²) in [6.07, 6.45) is 1.53. The van der Waals surface area contributed by atoms with Crippen molar-refractivity contribution in [2.75, 3.05) is 18.4 Å². The van der Waals surface area contributed by atoms with Gasteiger partial charge < -0.3 is 10.4 Å². The third-order valence-corrected chi connectivity index (χ3v) is 4.70. The van der Waals surface area contributed by atoms with Crippen molar-refractivity contribution < 1.29 is 14.7 Å². The Labute approximate surface area is 137 Å². The van der Waals surface area contributed by atoms with Crippen molar-refractivity contribution in [2.45, 2.75) is 25.8 Å². The van der Waals surface area contributed by atoms with E-state index in [-0.39, 0.29) is 12.5 Å². The second-order valence-electron chi connectivity index (χ2n) is 5.48. The van der Waals surface area contributed by atoms with Crippen LogP contribution < -0.4 is 5.32 Å². The molecule has 1 fully saturated rings. The molecule has 114 valence electrons. The Balaban J connectivity index is 1.98. The molecule has 0 spiro atoms. The Kier molecular flexibility index (Phi) is 5.58. The van der Waals surface area contributed by atoms with Gasteiger partial charge in [0, 0.05) is 3.57 Å². The zero-order valence-corrected chi connectivity index (χ0v) is 14.0. The monoisotopic (exact) mass is 402 g/mol. The number of carbonyl (C=O) groups is 2. The molecule has 2 rings (SSSR count). The number of carboxylic acids is 1. The molecule has 6 heteroatoms. The summed E-state index contributed by atoms with van der Waals surface area (Å²) in [5.41, 5.74) is 0.764. The van der Waals surface area contributed by atoms with Crippen LogP contribution in [-0.4, -0.2) is 41.0 Å². The molecule has 1 aromatic carbocycles. The molecule has 0 aromatic heterocycles. The fraction of sp³-hybridized carbons (Fsp3) is 0.467. The summed E-state index contributed by atoms with van der Waals surface area (Å²) >= 11 is 2.16. The topological polar surface area (TPSA) is 69.6 Å². The number of aliphatic carboxylic acids is 1. The Bertz CT molecular complexity index is 535. The molecule has 1 amide bonds. The van der Waals surface area contributed by atoms with E-state index in [1.165, 1.54) is 0 Å². The van der Waals surface area contributed by atoms with Crippen LogP contribution in [0.1, 0.15) is 19.8 Å². The number of likely N-dealkylation sites (tertiary alicyclic amines) is 1. The van der Waals surface area contributed by atoms with Crippen LogP contribution in [0.2, 0.25) is 0 Å². The van der Waals surface area contributed by atoms with Gasteiger partial charge in [-0.1, -0.05) is 19.1 Å². The summed E-state index contributed by atoms with van der Waals surface area (Å²) in [5.74, 6) is -0.621. The predicted molar refractivity (Wildman–Crippen MR) is 89.2 cm³/mol. The number of rotatable bonds is 4. The second-order valence-corrected chi connectivity index (χ2v) is 6.64. The summed E-state index contributed by atoms with van der Waals surface area (Å²) in [6, 6.07) is 6.96. The first-order valence-corrected chi connectivity index (χ1v) is 8.06. The highest BCUT2D eigenvalue weighted by Gasteiger charge is 2.32. The van der Waals surface area contributed by atoms with Gasteiger partial charge in [-0.3, -0.25) is 14.5 Å². The van der Waals surface area contributed by atoms with Gasteiger partial charge in [-0.25, -0.2) is 0 Å². The van der Waals surface area contributed by atoms with Crippen molar-refractivity contribution in [3.05, 3.63) is 27.8 Å². The number of nitrogens with zero attached hydrogens (tertiary/aromatic N) is 1. The van der Waals surface area contributed by atoms with E-state index in [2.05, 4.69) is 34.8 Å². The normalized spacial score (nSPS) is 22.8. The van der Waals surface area contributed by atoms with Gasteiger partial charge in [0.1, 0.15) is 6.04 Å². The Morgan fingerprint density at radius 2 is 2.14 bits per heavy atom. The van der Waals surface area contributed by atoms with Crippen LogP contribution in [0, 0.1) is 9.49 Å². The number of carbonyl (C=O) groups excluding carboxylic acids is 1. The first kappa shape index (κ1) is 16.2. The van der Waals surface area contributed by atoms with Gasteiger partial charge in [0.05, 0.1) is 12.2 Å². The second kappa shape index (κ2) is 7.22. The number of para-hydroxylation sites is 1. The molecule has 0 aliphatic carbocycles. The fourth-order valence-electron chi connectivity index (χ4n) is 2.57. The predicted octanol–water partition coefficient (Wildman–Crippen LogP) is 2.41. The summed E-state index contributed by atoms with van der Waals surface area (Å²) in [4.78, 5) is 25.2. The highest BCUT2D eigenvalue weighted by atomic mass is 127. The average Bonchev–Trinajstić information content (AvgIpc) is 2.43. The molecule has 1 aromatic rings. The van der Waals surface area contributed by atoms with Crippen molar-refractivity contribution in [2.24, 2.45) is 5.92 Å². The minimum Gasteiger partial charge on any atom is -0.480 e. The molecular formula is C15H19IN2O3. The van der Waals surface area contributed by atoms with Crippen molar-refractivity contribution in [3.63, 3.8) is 0 Å². The van der Waals surface area contributed by atoms with Gasteiger partial charge in [-0.15, -0.1) is 0 Å². The number of halogens is 1. The quantitative estimate of drug-likeness (QED) is 0.760. The molecule has 0 saturated carbocycles. The zero-order chi connectivity index (χ0) is 15.4. The fourth-order valence-corrected chi connectivity index (χ4v) is 3.10. The van der Waals surface area contributed by atoms with E-state index in [4.69, 9.17) is 0 Å². The van der Waals surface area contributed by atoms with E-state index in [1.54, 1.807) is 4.90 Å². The van der Waals surface area contributed by atoms with Gasteiger partial charge in [-0.05, 0) is 60.0 Å². The van der Waals surface area contributed by atoms with Crippen LogP contribution >= 0.6 is 22.6 Å². The number of anilines is 1. The van der Waals surface area contributed by atoms with Gasteiger partial charge in [0.2, 0.25) is 5.91 Å². The van der Waals surface area contributed by atoms with Crippen molar-refractivity contribution >= 4 is 40.2 Å². The van der Waals surface area contributed by atoms with Crippen LogP contribution in [0.3, 0.4) is 0 Å². The van der Waals surface area contributed by atoms with E-state index in [0.717, 1.165) is 15.7 Å². The SMILES string of the molecule is CC1CCN(CC(=O)Nc2ccccc2I)C(C(=O)O)C1. The van der Waals surface area contributed by atoms with Gasteiger partial charge >= 0.3 is 5.97 Å². The molecule has 2 unspecified atom stereocenters. The summed E-state index contributed by atoms with van der Waals surface area (Å²) in [7, 11) is 0. The lowest BCUT2D eigenvalue weighted by atomic mass is 9.92. The van der Waals surface area contributed by atoms with E-state index in [9.17, 15) is 14.7 Å². The molecule has 0 bridgehead atoms.